The zero-order valence-corrected chi connectivity index (χ0v) is 9.14. The predicted octanol–water partition coefficient (Wildman–Crippen LogP) is 0.465. The number of nitrogens with two attached hydrogens (primary N) is 1. The summed E-state index contributed by atoms with van der Waals surface area (Å²) in [6.45, 7) is 9.12. The van der Waals surface area contributed by atoms with Crippen molar-refractivity contribution >= 4 is 0 Å². The van der Waals surface area contributed by atoms with Crippen LogP contribution in [-0.4, -0.2) is 30.8 Å². The van der Waals surface area contributed by atoms with Crippen molar-refractivity contribution < 1.29 is 0 Å². The Hall–Kier alpha value is -0.160. The molecule has 4 nitrogen and oxygen atoms in total. The van der Waals surface area contributed by atoms with Crippen LogP contribution in [0.25, 0.3) is 0 Å². The lowest BCUT2D eigenvalue weighted by molar-refractivity contribution is 0.107. The lowest BCUT2D eigenvalue weighted by atomic mass is 10.4. The maximum atomic E-state index is 5.72. The van der Waals surface area contributed by atoms with Gasteiger partial charge in [-0.3, -0.25) is 0 Å². The van der Waals surface area contributed by atoms with Crippen LogP contribution in [-0.2, 0) is 0 Å². The average Bonchev–Trinajstić information content (AvgIpc) is 2.09. The van der Waals surface area contributed by atoms with E-state index in [-0.39, 0.29) is 6.04 Å². The van der Waals surface area contributed by atoms with Gasteiger partial charge in [0.15, 0.2) is 0 Å². The normalized spacial score (nSPS) is 13.6. The summed E-state index contributed by atoms with van der Waals surface area (Å²) in [5.74, 6) is 0. The minimum absolute atomic E-state index is 0.189. The highest BCUT2D eigenvalue weighted by Crippen LogP contribution is 1.83. The summed E-state index contributed by atoms with van der Waals surface area (Å²) in [5.41, 5.74) is 12.3. The van der Waals surface area contributed by atoms with Crippen LogP contribution < -0.4 is 16.6 Å². The quantitative estimate of drug-likeness (QED) is 0.485. The number of hydrogen-bond donors (Lipinski definition) is 3. The molecule has 0 bridgehead atoms. The lowest BCUT2D eigenvalue weighted by Gasteiger charge is -2.25. The van der Waals surface area contributed by atoms with Crippen LogP contribution in [0.2, 0.25) is 0 Å². The van der Waals surface area contributed by atoms with E-state index < -0.39 is 0 Å². The summed E-state index contributed by atoms with van der Waals surface area (Å²) in [4.78, 5) is 0. The number of hydrazine groups is 2. The summed E-state index contributed by atoms with van der Waals surface area (Å²) < 4.78 is 0. The molecular weight excluding hydrogens is 164 g/mol. The molecule has 0 aliphatic rings. The Bertz CT molecular complexity index is 97.8. The van der Waals surface area contributed by atoms with Gasteiger partial charge in [0.1, 0.15) is 0 Å². The van der Waals surface area contributed by atoms with Crippen molar-refractivity contribution in [2.45, 2.75) is 39.7 Å². The third-order valence-electron chi connectivity index (χ3n) is 1.58. The lowest BCUT2D eigenvalue weighted by Crippen LogP contribution is -2.52. The highest BCUT2D eigenvalue weighted by atomic mass is 15.7. The summed E-state index contributed by atoms with van der Waals surface area (Å²) in [6.07, 6.45) is 2.26. The molecule has 0 saturated heterocycles. The van der Waals surface area contributed by atoms with E-state index in [1.54, 1.807) is 0 Å². The van der Waals surface area contributed by atoms with Crippen LogP contribution in [0.5, 0.6) is 0 Å². The summed E-state index contributed by atoms with van der Waals surface area (Å²) in [5, 5.41) is 2.00. The van der Waals surface area contributed by atoms with E-state index in [2.05, 4.69) is 24.7 Å². The topological polar surface area (TPSA) is 53.3 Å². The Balaban J connectivity index is 3.60. The van der Waals surface area contributed by atoms with Crippen molar-refractivity contribution in [3.8, 4) is 0 Å². The van der Waals surface area contributed by atoms with E-state index in [0.29, 0.717) is 0 Å². The third kappa shape index (κ3) is 8.18. The van der Waals surface area contributed by atoms with E-state index in [4.69, 9.17) is 5.73 Å². The highest BCUT2D eigenvalue weighted by Gasteiger charge is 2.04. The monoisotopic (exact) mass is 188 g/mol. The van der Waals surface area contributed by atoms with Crippen molar-refractivity contribution in [2.24, 2.45) is 5.73 Å². The van der Waals surface area contributed by atoms with Gasteiger partial charge in [-0.25, -0.2) is 10.9 Å². The fourth-order valence-electron chi connectivity index (χ4n) is 0.967. The Morgan fingerprint density at radius 2 is 1.62 bits per heavy atom. The molecule has 0 spiro atoms. The Morgan fingerprint density at radius 1 is 1.15 bits per heavy atom. The summed E-state index contributed by atoms with van der Waals surface area (Å²) in [7, 11) is 0. The van der Waals surface area contributed by atoms with Crippen LogP contribution >= 0.6 is 0 Å². The van der Waals surface area contributed by atoms with Gasteiger partial charge in [0.05, 0.1) is 0 Å². The highest BCUT2D eigenvalue weighted by molar-refractivity contribution is 4.57. The largest absolute Gasteiger partial charge is 0.327 e. The molecule has 0 heterocycles. The van der Waals surface area contributed by atoms with Gasteiger partial charge in [-0.2, -0.15) is 5.12 Å². The van der Waals surface area contributed by atoms with Crippen molar-refractivity contribution in [3.63, 3.8) is 0 Å². The summed E-state index contributed by atoms with van der Waals surface area (Å²) in [6, 6.07) is 0.189. The van der Waals surface area contributed by atoms with Gasteiger partial charge in [0.25, 0.3) is 0 Å². The van der Waals surface area contributed by atoms with E-state index in [9.17, 15) is 0 Å². The van der Waals surface area contributed by atoms with E-state index >= 15 is 0 Å². The van der Waals surface area contributed by atoms with Gasteiger partial charge >= 0.3 is 0 Å². The second-order valence-corrected chi connectivity index (χ2v) is 3.40. The van der Waals surface area contributed by atoms with E-state index in [1.807, 2.05) is 12.0 Å². The molecule has 0 aromatic carbocycles. The van der Waals surface area contributed by atoms with Crippen LogP contribution in [0.3, 0.4) is 0 Å². The molecule has 0 rings (SSSR count). The first kappa shape index (κ1) is 12.8. The number of nitrogens with one attached hydrogen (secondary N) is 2. The molecule has 0 saturated carbocycles. The minimum Gasteiger partial charge on any atom is -0.327 e. The summed E-state index contributed by atoms with van der Waals surface area (Å²) >= 11 is 0. The molecule has 13 heavy (non-hydrogen) atoms. The van der Waals surface area contributed by atoms with Crippen LogP contribution in [0.1, 0.15) is 33.6 Å². The van der Waals surface area contributed by atoms with Gasteiger partial charge in [-0.1, -0.05) is 13.8 Å². The van der Waals surface area contributed by atoms with Gasteiger partial charge < -0.3 is 5.73 Å². The third-order valence-corrected chi connectivity index (χ3v) is 1.58. The van der Waals surface area contributed by atoms with E-state index in [0.717, 1.165) is 32.5 Å². The predicted molar refractivity (Wildman–Crippen MR) is 56.9 cm³/mol. The van der Waals surface area contributed by atoms with Crippen molar-refractivity contribution in [1.82, 2.24) is 16.0 Å². The molecule has 0 aliphatic heterocycles. The standard InChI is InChI=1S/C9H24N4/c1-4-6-11-13(8-9(3)10)12-7-5-2/h9,11-12H,4-8,10H2,1-3H3. The van der Waals surface area contributed by atoms with Gasteiger partial charge in [0.2, 0.25) is 0 Å². The van der Waals surface area contributed by atoms with Crippen LogP contribution in [0, 0.1) is 0 Å². The first-order valence-electron chi connectivity index (χ1n) is 5.20. The molecule has 4 heteroatoms. The molecule has 0 amide bonds. The van der Waals surface area contributed by atoms with Crippen LogP contribution in [0.15, 0.2) is 0 Å². The maximum Gasteiger partial charge on any atom is 0.0437 e. The number of nitrogens with zero attached hydrogens (tertiary/aromatic N) is 1. The van der Waals surface area contributed by atoms with Crippen molar-refractivity contribution in [3.05, 3.63) is 0 Å². The second-order valence-electron chi connectivity index (χ2n) is 3.40. The molecule has 0 aliphatic carbocycles. The molecule has 4 N–H and O–H groups in total. The SMILES string of the molecule is CCCNN(CC(C)N)NCCC. The molecule has 0 radical (unpaired) electrons. The van der Waals surface area contributed by atoms with Gasteiger partial charge in [0, 0.05) is 25.7 Å². The maximum absolute atomic E-state index is 5.72. The van der Waals surface area contributed by atoms with E-state index in [1.165, 1.54) is 0 Å². The Kier molecular flexibility index (Phi) is 8.33. The molecule has 0 fully saturated rings. The smallest absolute Gasteiger partial charge is 0.0437 e. The van der Waals surface area contributed by atoms with Crippen molar-refractivity contribution in [2.75, 3.05) is 19.6 Å². The second kappa shape index (κ2) is 8.44. The minimum atomic E-state index is 0.189. The molecule has 0 aromatic rings. The first-order chi connectivity index (χ1) is 6.20. The fraction of sp³-hybridized carbons (Fsp3) is 1.00. The Labute approximate surface area is 81.8 Å². The zero-order chi connectivity index (χ0) is 10.1. The Morgan fingerprint density at radius 3 is 1.92 bits per heavy atom. The average molecular weight is 188 g/mol. The number of hydrogen-bond acceptors (Lipinski definition) is 4. The molecule has 1 atom stereocenters. The number of rotatable bonds is 8. The zero-order valence-electron chi connectivity index (χ0n) is 9.14. The van der Waals surface area contributed by atoms with Crippen molar-refractivity contribution in [1.29, 1.82) is 0 Å². The first-order valence-corrected chi connectivity index (χ1v) is 5.20. The molecule has 1 unspecified atom stereocenters. The fourth-order valence-corrected chi connectivity index (χ4v) is 0.967. The van der Waals surface area contributed by atoms with Gasteiger partial charge in [-0.15, -0.1) is 0 Å². The molecule has 0 aromatic heterocycles. The van der Waals surface area contributed by atoms with Gasteiger partial charge in [-0.05, 0) is 19.8 Å². The molecular formula is C9H24N4. The van der Waals surface area contributed by atoms with Crippen LogP contribution in [0.4, 0.5) is 0 Å². The molecule has 80 valence electrons.